The normalized spacial score (nSPS) is 22.5. The molecule has 1 fully saturated rings. The largest absolute Gasteiger partial charge is 0.371 e. The maximum Gasteiger partial charge on any atom is 0.146 e. The summed E-state index contributed by atoms with van der Waals surface area (Å²) >= 11 is 7.27. The van der Waals surface area contributed by atoms with Crippen LogP contribution in [0.25, 0.3) is 0 Å². The average molecular weight is 233 g/mol. The molecule has 2 heterocycles. The van der Waals surface area contributed by atoms with Crippen LogP contribution in [0.2, 0.25) is 0 Å². The molecule has 0 radical (unpaired) electrons. The number of rotatable bonds is 3. The van der Waals surface area contributed by atoms with Crippen LogP contribution in [-0.4, -0.2) is 22.7 Å². The van der Waals surface area contributed by atoms with E-state index in [4.69, 9.17) is 16.3 Å². The van der Waals surface area contributed by atoms with Gasteiger partial charge < -0.3 is 4.74 Å². The smallest absolute Gasteiger partial charge is 0.146 e. The summed E-state index contributed by atoms with van der Waals surface area (Å²) in [7, 11) is 0. The Bertz CT molecular complexity index is 286. The zero-order valence-electron chi connectivity index (χ0n) is 7.91. The van der Waals surface area contributed by atoms with Crippen molar-refractivity contribution in [2.24, 2.45) is 0 Å². The zero-order valence-corrected chi connectivity index (χ0v) is 9.48. The average Bonchev–Trinajstić information content (AvgIpc) is 2.68. The Morgan fingerprint density at radius 3 is 3.07 bits per heavy atom. The Kier molecular flexibility index (Phi) is 3.73. The van der Waals surface area contributed by atoms with Crippen molar-refractivity contribution >= 4 is 22.9 Å². The van der Waals surface area contributed by atoms with Crippen molar-refractivity contribution in [3.63, 3.8) is 0 Å². The van der Waals surface area contributed by atoms with Gasteiger partial charge in [-0.15, -0.1) is 21.8 Å². The van der Waals surface area contributed by atoms with Gasteiger partial charge in [0.25, 0.3) is 0 Å². The maximum absolute atomic E-state index is 5.64. The van der Waals surface area contributed by atoms with Gasteiger partial charge in [-0.2, -0.15) is 0 Å². The third-order valence-corrected chi connectivity index (χ3v) is 3.51. The quantitative estimate of drug-likeness (QED) is 0.752. The highest BCUT2D eigenvalue weighted by Gasteiger charge is 2.19. The Morgan fingerprint density at radius 2 is 2.36 bits per heavy atom. The molecule has 0 aliphatic carbocycles. The molecule has 0 aromatic carbocycles. The Hall–Kier alpha value is -0.190. The maximum atomic E-state index is 5.64. The van der Waals surface area contributed by atoms with Crippen LogP contribution in [0, 0.1) is 0 Å². The molecule has 0 saturated carbocycles. The third-order valence-electron chi connectivity index (χ3n) is 2.25. The number of hydrogen-bond acceptors (Lipinski definition) is 4. The van der Waals surface area contributed by atoms with Gasteiger partial charge in [-0.05, 0) is 19.3 Å². The van der Waals surface area contributed by atoms with Gasteiger partial charge in [0.05, 0.1) is 0 Å². The summed E-state index contributed by atoms with van der Waals surface area (Å²) in [6, 6.07) is 0. The van der Waals surface area contributed by atoms with E-state index in [0.717, 1.165) is 29.5 Å². The first-order valence-electron chi connectivity index (χ1n) is 4.90. The van der Waals surface area contributed by atoms with Gasteiger partial charge in [0.2, 0.25) is 0 Å². The first-order valence-corrected chi connectivity index (χ1v) is 6.25. The van der Waals surface area contributed by atoms with E-state index in [1.54, 1.807) is 11.3 Å². The van der Waals surface area contributed by atoms with Crippen molar-refractivity contribution in [3.05, 3.63) is 10.0 Å². The van der Waals surface area contributed by atoms with Crippen molar-refractivity contribution in [1.29, 1.82) is 0 Å². The lowest BCUT2D eigenvalue weighted by molar-refractivity contribution is 0.0144. The van der Waals surface area contributed by atoms with Gasteiger partial charge in [0.1, 0.15) is 16.1 Å². The van der Waals surface area contributed by atoms with Crippen molar-refractivity contribution in [1.82, 2.24) is 10.2 Å². The summed E-state index contributed by atoms with van der Waals surface area (Å²) in [6.45, 7) is 0.856. The number of aryl methyl sites for hydroxylation is 1. The van der Waals surface area contributed by atoms with E-state index in [1.165, 1.54) is 12.8 Å². The van der Waals surface area contributed by atoms with Gasteiger partial charge in [-0.25, -0.2) is 0 Å². The van der Waals surface area contributed by atoms with Crippen LogP contribution in [0.15, 0.2) is 0 Å². The minimum atomic E-state index is 0.185. The molecule has 0 N–H and O–H groups in total. The molecule has 0 amide bonds. The van der Waals surface area contributed by atoms with Gasteiger partial charge in [0, 0.05) is 18.9 Å². The molecule has 5 heteroatoms. The van der Waals surface area contributed by atoms with Crippen LogP contribution in [-0.2, 0) is 11.2 Å². The summed E-state index contributed by atoms with van der Waals surface area (Å²) in [5.74, 6) is 0.611. The number of aromatic nitrogens is 2. The van der Waals surface area contributed by atoms with E-state index in [9.17, 15) is 0 Å². The highest BCUT2D eigenvalue weighted by Crippen LogP contribution is 2.29. The lowest BCUT2D eigenvalue weighted by atomic mass is 10.1. The molecule has 0 spiro atoms. The van der Waals surface area contributed by atoms with E-state index >= 15 is 0 Å². The fraction of sp³-hybridized carbons (Fsp3) is 0.778. The van der Waals surface area contributed by atoms with Gasteiger partial charge in [-0.3, -0.25) is 0 Å². The van der Waals surface area contributed by atoms with Crippen molar-refractivity contribution in [2.75, 3.05) is 12.5 Å². The van der Waals surface area contributed by atoms with Crippen LogP contribution >= 0.6 is 22.9 Å². The summed E-state index contributed by atoms with van der Waals surface area (Å²) in [5.41, 5.74) is 0. The monoisotopic (exact) mass is 232 g/mol. The number of nitrogens with zero attached hydrogens (tertiary/aromatic N) is 2. The van der Waals surface area contributed by atoms with E-state index in [1.807, 2.05) is 0 Å². The SMILES string of the molecule is ClCCc1nnc(C2CCCCO2)s1. The van der Waals surface area contributed by atoms with Gasteiger partial charge >= 0.3 is 0 Å². The second kappa shape index (κ2) is 5.05. The molecular weight excluding hydrogens is 220 g/mol. The van der Waals surface area contributed by atoms with Gasteiger partial charge in [-0.1, -0.05) is 11.3 Å². The zero-order chi connectivity index (χ0) is 9.80. The number of hydrogen-bond donors (Lipinski definition) is 0. The molecule has 2 rings (SSSR count). The number of ether oxygens (including phenoxy) is 1. The standard InChI is InChI=1S/C9H13ClN2OS/c10-5-4-8-11-12-9(14-8)7-3-1-2-6-13-7/h7H,1-6H2. The minimum absolute atomic E-state index is 0.185. The van der Waals surface area contributed by atoms with E-state index in [-0.39, 0.29) is 6.10 Å². The molecule has 1 aliphatic heterocycles. The summed E-state index contributed by atoms with van der Waals surface area (Å²) in [4.78, 5) is 0. The van der Waals surface area contributed by atoms with E-state index in [2.05, 4.69) is 10.2 Å². The molecule has 3 nitrogen and oxygen atoms in total. The third kappa shape index (κ3) is 2.43. The molecule has 78 valence electrons. The van der Waals surface area contributed by atoms with Crippen LogP contribution in [0.4, 0.5) is 0 Å². The second-order valence-electron chi connectivity index (χ2n) is 3.33. The number of alkyl halides is 1. The topological polar surface area (TPSA) is 35.0 Å². The predicted molar refractivity (Wildman–Crippen MR) is 56.9 cm³/mol. The molecule has 1 aromatic heterocycles. The Labute approximate surface area is 92.4 Å². The van der Waals surface area contributed by atoms with Crippen LogP contribution in [0.1, 0.15) is 35.4 Å². The van der Waals surface area contributed by atoms with Crippen LogP contribution < -0.4 is 0 Å². The molecule has 1 aromatic rings. The first kappa shape index (κ1) is 10.3. The molecule has 0 bridgehead atoms. The van der Waals surface area contributed by atoms with E-state index in [0.29, 0.717) is 5.88 Å². The second-order valence-corrected chi connectivity index (χ2v) is 4.80. The van der Waals surface area contributed by atoms with Crippen LogP contribution in [0.5, 0.6) is 0 Å². The van der Waals surface area contributed by atoms with E-state index < -0.39 is 0 Å². The fourth-order valence-electron chi connectivity index (χ4n) is 1.51. The predicted octanol–water partition coefficient (Wildman–Crippen LogP) is 2.56. The lowest BCUT2D eigenvalue weighted by Gasteiger charge is -2.19. The molecule has 1 atom stereocenters. The Balaban J connectivity index is 2.00. The van der Waals surface area contributed by atoms with Crippen LogP contribution in [0.3, 0.4) is 0 Å². The summed E-state index contributed by atoms with van der Waals surface area (Å²) in [5, 5.41) is 10.3. The van der Waals surface area contributed by atoms with Gasteiger partial charge in [0.15, 0.2) is 0 Å². The molecule has 1 saturated heterocycles. The lowest BCUT2D eigenvalue weighted by Crippen LogP contribution is -2.11. The molecular formula is C9H13ClN2OS. The fourth-order valence-corrected chi connectivity index (χ4v) is 2.73. The minimum Gasteiger partial charge on any atom is -0.371 e. The highest BCUT2D eigenvalue weighted by atomic mass is 35.5. The van der Waals surface area contributed by atoms with Crippen molar-refractivity contribution in [3.8, 4) is 0 Å². The summed E-state index contributed by atoms with van der Waals surface area (Å²) in [6.07, 6.45) is 4.48. The molecule has 14 heavy (non-hydrogen) atoms. The Morgan fingerprint density at radius 1 is 1.43 bits per heavy atom. The first-order chi connectivity index (χ1) is 6.90. The highest BCUT2D eigenvalue weighted by molar-refractivity contribution is 7.11. The summed E-state index contributed by atoms with van der Waals surface area (Å²) < 4.78 is 5.63. The number of halogens is 1. The van der Waals surface area contributed by atoms with Crippen molar-refractivity contribution in [2.45, 2.75) is 31.8 Å². The molecule has 1 unspecified atom stereocenters. The van der Waals surface area contributed by atoms with Crippen molar-refractivity contribution < 1.29 is 4.74 Å². The molecule has 1 aliphatic rings.